The van der Waals surface area contributed by atoms with E-state index in [0.717, 1.165) is 92.9 Å². The Balaban J connectivity index is 0.000000134. The monoisotopic (exact) mass is 1200 g/mol. The van der Waals surface area contributed by atoms with Crippen molar-refractivity contribution < 1.29 is 18.1 Å². The summed E-state index contributed by atoms with van der Waals surface area (Å²) in [5.74, 6) is 1.13. The van der Waals surface area contributed by atoms with Gasteiger partial charge >= 0.3 is 7.12 Å². The Bertz CT molecular complexity index is 4810. The number of benzene rings is 10. The van der Waals surface area contributed by atoms with Crippen LogP contribution in [0.5, 0.6) is 0 Å². The normalized spacial score (nSPS) is 13.1. The van der Waals surface area contributed by atoms with Gasteiger partial charge in [-0.25, -0.2) is 19.9 Å². The summed E-state index contributed by atoms with van der Waals surface area (Å²) in [6.45, 7) is 8.18. The molecule has 0 radical (unpaired) electrons. The standard InChI is InChI=1S/C35H21N3O.C29H26BN3O2.C12H7BrO/c36-22-30-32(24-10-3-1-4-11-24)37-35(38-33(30)25-12-5-2-6-13-25)26-20-18-23(19-21-26)27-15-9-16-29-28-14-7-8-17-31(28)39-34(27)29;1-28(2)29(3,4)35-30(34-28)23-17-15-22(16-18-23)27-32-25(20-11-7-5-8-12-20)24(19-31)26(33-27)21-13-9-6-10-14-21;13-10-6-3-5-9-8-4-1-2-7-11(8)14-12(9)10/h1-21H;5-18H,1-4H3;1-7H. The number of halogens is 1. The van der Waals surface area contributed by atoms with Gasteiger partial charge in [-0.15, -0.1) is 0 Å². The summed E-state index contributed by atoms with van der Waals surface area (Å²) >= 11 is 3.48. The van der Waals surface area contributed by atoms with E-state index in [4.69, 9.17) is 38.1 Å². The maximum Gasteiger partial charge on any atom is 0.494 e. The van der Waals surface area contributed by atoms with E-state index in [0.29, 0.717) is 45.6 Å². The maximum atomic E-state index is 10.1. The minimum Gasteiger partial charge on any atom is -0.455 e. The first-order chi connectivity index (χ1) is 42.9. The van der Waals surface area contributed by atoms with E-state index in [9.17, 15) is 10.5 Å². The minimum absolute atomic E-state index is 0.401. The SMILES string of the molecule is Brc1cccc2c1oc1ccccc12.CC1(C)OB(c2ccc(-c3nc(-c4ccccc4)c(C#N)c(-c4ccccc4)n3)cc2)OC1(C)C.N#Cc1c(-c2ccccc2)nc(-c2ccc(-c3cccc4c3oc3ccccc34)cc2)nc1-c1ccccc1. The highest BCUT2D eigenvalue weighted by Crippen LogP contribution is 2.40. The minimum atomic E-state index is -0.435. The van der Waals surface area contributed by atoms with E-state index in [2.05, 4.69) is 76.6 Å². The van der Waals surface area contributed by atoms with Gasteiger partial charge in [-0.2, -0.15) is 10.5 Å². The molecule has 0 bridgehead atoms. The van der Waals surface area contributed by atoms with Gasteiger partial charge in [0.15, 0.2) is 11.6 Å². The van der Waals surface area contributed by atoms with Crippen LogP contribution in [0.3, 0.4) is 0 Å². The summed E-state index contributed by atoms with van der Waals surface area (Å²) in [5, 5.41) is 24.8. The summed E-state index contributed by atoms with van der Waals surface area (Å²) in [7, 11) is -0.435. The number of nitrogens with zero attached hydrogens (tertiary/aromatic N) is 6. The summed E-state index contributed by atoms with van der Waals surface area (Å²) < 4.78 is 25.4. The fourth-order valence-corrected chi connectivity index (χ4v) is 11.3. The molecule has 0 atom stereocenters. The fourth-order valence-electron chi connectivity index (χ4n) is 10.9. The second-order valence-electron chi connectivity index (χ2n) is 22.2. The number of hydrogen-bond acceptors (Lipinski definition) is 10. The second-order valence-corrected chi connectivity index (χ2v) is 23.1. The zero-order valence-corrected chi connectivity index (χ0v) is 50.1. The Hall–Kier alpha value is -10.6. The van der Waals surface area contributed by atoms with Crippen molar-refractivity contribution in [1.29, 1.82) is 10.5 Å². The molecule has 0 N–H and O–H groups in total. The van der Waals surface area contributed by atoms with Crippen molar-refractivity contribution in [3.63, 3.8) is 0 Å². The van der Waals surface area contributed by atoms with Crippen LogP contribution in [0.4, 0.5) is 0 Å². The number of furan rings is 2. The van der Waals surface area contributed by atoms with Crippen LogP contribution in [0, 0.1) is 22.7 Å². The predicted octanol–water partition coefficient (Wildman–Crippen LogP) is 18.9. The lowest BCUT2D eigenvalue weighted by Gasteiger charge is -2.32. The molecule has 0 spiro atoms. The van der Waals surface area contributed by atoms with Gasteiger partial charge < -0.3 is 18.1 Å². The van der Waals surface area contributed by atoms with Crippen molar-refractivity contribution >= 4 is 72.4 Å². The molecule has 0 aliphatic carbocycles. The highest BCUT2D eigenvalue weighted by Gasteiger charge is 2.51. The Morgan fingerprint density at radius 2 is 0.693 bits per heavy atom. The number of nitriles is 2. The zero-order chi connectivity index (χ0) is 60.4. The van der Waals surface area contributed by atoms with Crippen molar-refractivity contribution in [2.45, 2.75) is 38.9 Å². The highest BCUT2D eigenvalue weighted by atomic mass is 79.9. The number of aromatic nitrogens is 4. The molecule has 1 aliphatic rings. The fraction of sp³-hybridized carbons (Fsp3) is 0.0789. The quantitative estimate of drug-likeness (QED) is 0.135. The zero-order valence-electron chi connectivity index (χ0n) is 48.5. The van der Waals surface area contributed by atoms with E-state index < -0.39 is 18.3 Å². The molecule has 1 fully saturated rings. The molecule has 1 saturated heterocycles. The molecule has 1 aliphatic heterocycles. The number of fused-ring (bicyclic) bond motifs is 6. The topological polar surface area (TPSA) is 144 Å². The largest absolute Gasteiger partial charge is 0.494 e. The number of rotatable bonds is 8. The van der Waals surface area contributed by atoms with Crippen molar-refractivity contribution in [1.82, 2.24) is 19.9 Å². The van der Waals surface area contributed by atoms with Crippen LogP contribution in [0.2, 0.25) is 0 Å². The second kappa shape index (κ2) is 24.0. The molecule has 0 saturated carbocycles. The predicted molar refractivity (Wildman–Crippen MR) is 356 cm³/mol. The molecule has 10 nitrogen and oxygen atoms in total. The Morgan fingerprint density at radius 1 is 0.352 bits per heavy atom. The molecular formula is C76H54BBrN6O4. The van der Waals surface area contributed by atoms with Crippen molar-refractivity contribution in [2.24, 2.45) is 0 Å². The van der Waals surface area contributed by atoms with E-state index in [1.165, 1.54) is 5.39 Å². The molecule has 88 heavy (non-hydrogen) atoms. The third-order valence-corrected chi connectivity index (χ3v) is 16.8. The first kappa shape index (κ1) is 56.5. The van der Waals surface area contributed by atoms with Crippen molar-refractivity contribution in [3.05, 3.63) is 270 Å². The summed E-state index contributed by atoms with van der Waals surface area (Å²) in [6.07, 6.45) is 0. The van der Waals surface area contributed by atoms with Crippen LogP contribution in [0.25, 0.3) is 123 Å². The summed E-state index contributed by atoms with van der Waals surface area (Å²) in [4.78, 5) is 19.5. The first-order valence-corrected chi connectivity index (χ1v) is 29.6. The molecule has 15 rings (SSSR count). The van der Waals surface area contributed by atoms with Gasteiger partial charge in [0, 0.05) is 60.5 Å². The van der Waals surface area contributed by atoms with Gasteiger partial charge in [-0.1, -0.05) is 237 Å². The van der Waals surface area contributed by atoms with Gasteiger partial charge in [-0.3, -0.25) is 0 Å². The van der Waals surface area contributed by atoms with E-state index in [1.807, 2.05) is 234 Å². The van der Waals surface area contributed by atoms with Gasteiger partial charge in [0.25, 0.3) is 0 Å². The first-order valence-electron chi connectivity index (χ1n) is 28.8. The van der Waals surface area contributed by atoms with Crippen LogP contribution in [0.1, 0.15) is 38.8 Å². The van der Waals surface area contributed by atoms with Crippen LogP contribution in [0.15, 0.2) is 268 Å². The lowest BCUT2D eigenvalue weighted by Crippen LogP contribution is -2.41. The van der Waals surface area contributed by atoms with Crippen LogP contribution >= 0.6 is 15.9 Å². The van der Waals surface area contributed by atoms with Gasteiger partial charge in [0.1, 0.15) is 45.6 Å². The average Bonchev–Trinajstić information content (AvgIpc) is 2.74. The van der Waals surface area contributed by atoms with Crippen molar-refractivity contribution in [2.75, 3.05) is 0 Å². The Kier molecular flexibility index (Phi) is 15.4. The molecule has 0 amide bonds. The summed E-state index contributed by atoms with van der Waals surface area (Å²) in [5.41, 5.74) is 14.5. The molecule has 5 heterocycles. The van der Waals surface area contributed by atoms with Crippen LogP contribution < -0.4 is 5.46 Å². The van der Waals surface area contributed by atoms with Crippen molar-refractivity contribution in [3.8, 4) is 91.1 Å². The lowest BCUT2D eigenvalue weighted by molar-refractivity contribution is 0.00578. The third kappa shape index (κ3) is 11.0. The van der Waals surface area contributed by atoms with Gasteiger partial charge in [0.05, 0.1) is 38.5 Å². The molecule has 0 unspecified atom stereocenters. The van der Waals surface area contributed by atoms with E-state index >= 15 is 0 Å². The number of hydrogen-bond donors (Lipinski definition) is 0. The Morgan fingerprint density at radius 3 is 1.11 bits per heavy atom. The van der Waals surface area contributed by atoms with Crippen LogP contribution in [-0.2, 0) is 9.31 Å². The lowest BCUT2D eigenvalue weighted by atomic mass is 9.79. The Labute approximate surface area is 518 Å². The molecule has 422 valence electrons. The maximum absolute atomic E-state index is 10.1. The molecular weight excluding hydrogens is 1150 g/mol. The van der Waals surface area contributed by atoms with Gasteiger partial charge in [-0.05, 0) is 72.9 Å². The molecule has 10 aromatic carbocycles. The molecule has 4 aromatic heterocycles. The smallest absolute Gasteiger partial charge is 0.455 e. The highest BCUT2D eigenvalue weighted by molar-refractivity contribution is 9.10. The van der Waals surface area contributed by atoms with E-state index in [-0.39, 0.29) is 0 Å². The van der Waals surface area contributed by atoms with Crippen LogP contribution in [-0.4, -0.2) is 38.3 Å². The third-order valence-electron chi connectivity index (χ3n) is 16.1. The number of para-hydroxylation sites is 4. The molecule has 14 aromatic rings. The van der Waals surface area contributed by atoms with Gasteiger partial charge in [0.2, 0.25) is 0 Å². The molecule has 12 heteroatoms. The summed E-state index contributed by atoms with van der Waals surface area (Å²) in [6, 6.07) is 88.5. The average molecular weight is 1210 g/mol. The van der Waals surface area contributed by atoms with E-state index in [1.54, 1.807) is 0 Å².